The van der Waals surface area contributed by atoms with E-state index in [-0.39, 0.29) is 17.6 Å². The predicted molar refractivity (Wildman–Crippen MR) is 108 cm³/mol. The van der Waals surface area contributed by atoms with E-state index in [1.165, 1.54) is 0 Å². The van der Waals surface area contributed by atoms with Crippen LogP contribution in [0.2, 0.25) is 0 Å². The Labute approximate surface area is 172 Å². The zero-order valence-corrected chi connectivity index (χ0v) is 18.5. The fraction of sp³-hybridized carbons (Fsp3) is 0.550. The molecule has 1 atom stereocenters. The van der Waals surface area contributed by atoms with Crippen molar-refractivity contribution in [3.8, 4) is 0 Å². The van der Waals surface area contributed by atoms with Gasteiger partial charge in [0.25, 0.3) is 0 Å². The summed E-state index contributed by atoms with van der Waals surface area (Å²) >= 11 is 0. The van der Waals surface area contributed by atoms with Crippen molar-refractivity contribution in [1.82, 2.24) is 15.5 Å². The lowest BCUT2D eigenvalue weighted by molar-refractivity contribution is 0.0487. The number of carbonyl (C=O) groups is 1. The van der Waals surface area contributed by atoms with Crippen molar-refractivity contribution >= 4 is 15.9 Å². The van der Waals surface area contributed by atoms with Crippen molar-refractivity contribution in [2.24, 2.45) is 5.92 Å². The maximum atomic E-state index is 12.6. The third kappa shape index (κ3) is 7.16. The highest BCUT2D eigenvalue weighted by Crippen LogP contribution is 2.24. The number of sulfone groups is 1. The largest absolute Gasteiger partial charge is 0.444 e. The third-order valence-electron chi connectivity index (χ3n) is 3.86. The molecule has 8 nitrogen and oxygen atoms in total. The topological polar surface area (TPSA) is 111 Å². The summed E-state index contributed by atoms with van der Waals surface area (Å²) in [6.45, 7) is 11.1. The van der Waals surface area contributed by atoms with Crippen LogP contribution in [0.3, 0.4) is 0 Å². The highest BCUT2D eigenvalue weighted by Gasteiger charge is 2.29. The molecule has 0 unspecified atom stereocenters. The van der Waals surface area contributed by atoms with Gasteiger partial charge in [-0.15, -0.1) is 5.10 Å². The lowest BCUT2D eigenvalue weighted by Crippen LogP contribution is -2.35. The Morgan fingerprint density at radius 2 is 1.79 bits per heavy atom. The molecule has 0 aliphatic carbocycles. The molecule has 2 aromatic rings. The molecule has 2 rings (SSSR count). The summed E-state index contributed by atoms with van der Waals surface area (Å²) < 4.78 is 36.0. The minimum atomic E-state index is -3.81. The average Bonchev–Trinajstić information content (AvgIpc) is 3.05. The van der Waals surface area contributed by atoms with Crippen molar-refractivity contribution in [2.45, 2.75) is 70.6 Å². The minimum absolute atomic E-state index is 0.0343. The van der Waals surface area contributed by atoms with Gasteiger partial charge in [0.2, 0.25) is 15.7 Å². The second kappa shape index (κ2) is 8.94. The molecule has 0 aliphatic heterocycles. The second-order valence-electron chi connectivity index (χ2n) is 8.48. The van der Waals surface area contributed by atoms with Gasteiger partial charge >= 0.3 is 11.3 Å². The molecule has 1 N–H and O–H groups in total. The molecule has 160 valence electrons. The summed E-state index contributed by atoms with van der Waals surface area (Å²) in [6, 6.07) is 6.52. The number of aryl methyl sites for hydroxylation is 1. The van der Waals surface area contributed by atoms with Crippen LogP contribution in [0.15, 0.2) is 33.9 Å². The molecule has 0 bridgehead atoms. The zero-order valence-electron chi connectivity index (χ0n) is 17.7. The zero-order chi connectivity index (χ0) is 21.8. The van der Waals surface area contributed by atoms with E-state index in [0.29, 0.717) is 12.0 Å². The number of hydrogen-bond donors (Lipinski definition) is 1. The van der Waals surface area contributed by atoms with E-state index in [9.17, 15) is 13.2 Å². The summed E-state index contributed by atoms with van der Waals surface area (Å²) in [5, 5.41) is 9.81. The quantitative estimate of drug-likeness (QED) is 0.717. The van der Waals surface area contributed by atoms with Gasteiger partial charge in [-0.25, -0.2) is 13.2 Å². The van der Waals surface area contributed by atoms with Crippen LogP contribution in [0, 0.1) is 12.8 Å². The maximum Gasteiger partial charge on any atom is 0.408 e. The van der Waals surface area contributed by atoms with Gasteiger partial charge in [0.15, 0.2) is 0 Å². The van der Waals surface area contributed by atoms with Crippen molar-refractivity contribution < 1.29 is 22.4 Å². The monoisotopic (exact) mass is 423 g/mol. The molecule has 0 radical (unpaired) electrons. The van der Waals surface area contributed by atoms with Gasteiger partial charge < -0.3 is 14.5 Å². The SMILES string of the molecule is Cc1ccc(CS(=O)(=O)c2nnc([C@@H](CC(C)C)NC(=O)OC(C)(C)C)o2)cc1. The van der Waals surface area contributed by atoms with Gasteiger partial charge in [-0.05, 0) is 45.6 Å². The Morgan fingerprint density at radius 3 is 2.34 bits per heavy atom. The Bertz CT molecular complexity index is 928. The van der Waals surface area contributed by atoms with Gasteiger partial charge in [-0.2, -0.15) is 0 Å². The number of hydrogen-bond acceptors (Lipinski definition) is 7. The fourth-order valence-electron chi connectivity index (χ4n) is 2.60. The first-order valence-electron chi connectivity index (χ1n) is 9.47. The molecule has 0 fully saturated rings. The van der Waals surface area contributed by atoms with Crippen molar-refractivity contribution in [3.63, 3.8) is 0 Å². The number of nitrogens with zero attached hydrogens (tertiary/aromatic N) is 2. The number of benzene rings is 1. The summed E-state index contributed by atoms with van der Waals surface area (Å²) in [4.78, 5) is 12.2. The van der Waals surface area contributed by atoms with E-state index < -0.39 is 32.8 Å². The maximum absolute atomic E-state index is 12.6. The standard InChI is InChI=1S/C20H29N3O5S/c1-13(2)11-16(21-18(24)28-20(4,5)6)17-22-23-19(27-17)29(25,26)12-15-9-7-14(3)8-10-15/h7-10,13,16H,11-12H2,1-6H3,(H,21,24)/t16-/m1/s1. The highest BCUT2D eigenvalue weighted by atomic mass is 32.2. The molecule has 0 spiro atoms. The van der Waals surface area contributed by atoms with Crippen LogP contribution in [0.4, 0.5) is 4.79 Å². The summed E-state index contributed by atoms with van der Waals surface area (Å²) in [5.74, 6) is -0.0232. The lowest BCUT2D eigenvalue weighted by atomic mass is 10.0. The number of rotatable bonds is 7. The number of aromatic nitrogens is 2. The number of nitrogens with one attached hydrogen (secondary N) is 1. The van der Waals surface area contributed by atoms with Crippen LogP contribution >= 0.6 is 0 Å². The molecule has 0 saturated heterocycles. The minimum Gasteiger partial charge on any atom is -0.444 e. The normalized spacial score (nSPS) is 13.3. The molecular formula is C20H29N3O5S. The first-order chi connectivity index (χ1) is 13.4. The van der Waals surface area contributed by atoms with Crippen LogP contribution in [0.1, 0.15) is 64.1 Å². The molecule has 1 heterocycles. The molecular weight excluding hydrogens is 394 g/mol. The molecule has 0 aliphatic rings. The van der Waals surface area contributed by atoms with Gasteiger partial charge in [0.05, 0.1) is 5.75 Å². The fourth-order valence-corrected chi connectivity index (χ4v) is 3.73. The Kier molecular flexibility index (Phi) is 7.05. The lowest BCUT2D eigenvalue weighted by Gasteiger charge is -2.22. The Morgan fingerprint density at radius 1 is 1.17 bits per heavy atom. The van der Waals surface area contributed by atoms with Gasteiger partial charge in [0, 0.05) is 0 Å². The third-order valence-corrected chi connectivity index (χ3v) is 5.27. The molecule has 1 amide bonds. The number of ether oxygens (including phenoxy) is 1. The van der Waals surface area contributed by atoms with Crippen LogP contribution in [-0.2, 0) is 20.3 Å². The molecule has 1 aromatic heterocycles. The average molecular weight is 424 g/mol. The number of carbonyl (C=O) groups excluding carboxylic acids is 1. The second-order valence-corrected chi connectivity index (χ2v) is 10.3. The summed E-state index contributed by atoms with van der Waals surface area (Å²) in [5.41, 5.74) is 1.00. The van der Waals surface area contributed by atoms with Crippen molar-refractivity contribution in [1.29, 1.82) is 0 Å². The molecule has 29 heavy (non-hydrogen) atoms. The molecule has 9 heteroatoms. The van der Waals surface area contributed by atoms with E-state index in [4.69, 9.17) is 9.15 Å². The van der Waals surface area contributed by atoms with Crippen LogP contribution in [0.5, 0.6) is 0 Å². The van der Waals surface area contributed by atoms with Gasteiger partial charge in [-0.3, -0.25) is 0 Å². The van der Waals surface area contributed by atoms with Crippen LogP contribution in [0.25, 0.3) is 0 Å². The first-order valence-corrected chi connectivity index (χ1v) is 11.1. The van der Waals surface area contributed by atoms with E-state index >= 15 is 0 Å². The Hall–Kier alpha value is -2.42. The Balaban J connectivity index is 2.20. The highest BCUT2D eigenvalue weighted by molar-refractivity contribution is 7.90. The smallest absolute Gasteiger partial charge is 0.408 e. The molecule has 0 saturated carbocycles. The van der Waals surface area contributed by atoms with Crippen molar-refractivity contribution in [3.05, 3.63) is 41.3 Å². The van der Waals surface area contributed by atoms with Crippen LogP contribution in [-0.4, -0.2) is 30.3 Å². The number of amides is 1. The first kappa shape index (κ1) is 22.9. The van der Waals surface area contributed by atoms with Crippen LogP contribution < -0.4 is 5.32 Å². The summed E-state index contributed by atoms with van der Waals surface area (Å²) in [6.07, 6.45) is -0.149. The predicted octanol–water partition coefficient (Wildman–Crippen LogP) is 3.96. The summed E-state index contributed by atoms with van der Waals surface area (Å²) in [7, 11) is -3.81. The van der Waals surface area contributed by atoms with Gasteiger partial charge in [0.1, 0.15) is 11.6 Å². The number of alkyl carbamates (subject to hydrolysis) is 1. The van der Waals surface area contributed by atoms with E-state index in [0.717, 1.165) is 5.56 Å². The van der Waals surface area contributed by atoms with Gasteiger partial charge in [-0.1, -0.05) is 48.8 Å². The van der Waals surface area contributed by atoms with E-state index in [2.05, 4.69) is 15.5 Å². The van der Waals surface area contributed by atoms with E-state index in [1.807, 2.05) is 32.9 Å². The van der Waals surface area contributed by atoms with Crippen molar-refractivity contribution in [2.75, 3.05) is 0 Å². The molecule has 1 aromatic carbocycles. The van der Waals surface area contributed by atoms with E-state index in [1.54, 1.807) is 32.9 Å².